The van der Waals surface area contributed by atoms with Gasteiger partial charge in [-0.1, -0.05) is 41.8 Å². The third-order valence-electron chi connectivity index (χ3n) is 2.92. The first kappa shape index (κ1) is 15.9. The number of nitrogens with zero attached hydrogens (tertiary/aromatic N) is 1. The summed E-state index contributed by atoms with van der Waals surface area (Å²) < 4.78 is 0.934. The van der Waals surface area contributed by atoms with Crippen molar-refractivity contribution in [3.8, 4) is 0 Å². The first-order valence-corrected chi connectivity index (χ1v) is 7.43. The van der Waals surface area contributed by atoms with Crippen LogP contribution in [0, 0.1) is 6.92 Å². The molecule has 104 valence electrons. The number of rotatable bonds is 6. The average molecular weight is 325 g/mol. The lowest BCUT2D eigenvalue weighted by Crippen LogP contribution is -2.19. The van der Waals surface area contributed by atoms with E-state index in [1.54, 1.807) is 6.07 Å². The third-order valence-corrected chi connectivity index (χ3v) is 3.78. The molecule has 1 aromatic carbocycles. The van der Waals surface area contributed by atoms with Gasteiger partial charge in [0, 0.05) is 15.7 Å². The summed E-state index contributed by atoms with van der Waals surface area (Å²) in [6.07, 6.45) is 4.45. The van der Waals surface area contributed by atoms with E-state index in [1.165, 1.54) is 12.8 Å². The summed E-state index contributed by atoms with van der Waals surface area (Å²) in [5.74, 6) is -0.171. The molecule has 0 saturated carbocycles. The number of carbonyl (C=O) groups is 1. The van der Waals surface area contributed by atoms with Crippen molar-refractivity contribution in [3.05, 3.63) is 33.8 Å². The molecule has 3 nitrogen and oxygen atoms in total. The van der Waals surface area contributed by atoms with Crippen molar-refractivity contribution in [1.82, 2.24) is 5.43 Å². The van der Waals surface area contributed by atoms with Crippen LogP contribution >= 0.6 is 15.9 Å². The largest absolute Gasteiger partial charge is 0.271 e. The summed E-state index contributed by atoms with van der Waals surface area (Å²) in [6, 6.07) is 5.53. The van der Waals surface area contributed by atoms with Gasteiger partial charge in [-0.2, -0.15) is 5.10 Å². The van der Waals surface area contributed by atoms with Gasteiger partial charge in [-0.15, -0.1) is 0 Å². The zero-order valence-electron chi connectivity index (χ0n) is 11.8. The highest BCUT2D eigenvalue weighted by Gasteiger charge is 2.06. The minimum Gasteiger partial charge on any atom is -0.267 e. The Bertz CT molecular complexity index is 469. The molecule has 0 unspecified atom stereocenters. The minimum absolute atomic E-state index is 0.171. The fourth-order valence-corrected chi connectivity index (χ4v) is 2.01. The topological polar surface area (TPSA) is 41.5 Å². The van der Waals surface area contributed by atoms with Crippen LogP contribution in [0.15, 0.2) is 27.8 Å². The number of aryl methyl sites for hydroxylation is 1. The zero-order chi connectivity index (χ0) is 14.3. The van der Waals surface area contributed by atoms with Crippen LogP contribution in [0.5, 0.6) is 0 Å². The van der Waals surface area contributed by atoms with E-state index >= 15 is 0 Å². The maximum atomic E-state index is 11.9. The van der Waals surface area contributed by atoms with Crippen LogP contribution in [0.2, 0.25) is 0 Å². The van der Waals surface area contributed by atoms with Gasteiger partial charge < -0.3 is 0 Å². The molecule has 0 heterocycles. The van der Waals surface area contributed by atoms with Crippen molar-refractivity contribution in [3.63, 3.8) is 0 Å². The summed E-state index contributed by atoms with van der Waals surface area (Å²) in [5, 5.41) is 4.13. The number of hydrogen-bond donors (Lipinski definition) is 1. The molecular formula is C15H21BrN2O. The summed E-state index contributed by atoms with van der Waals surface area (Å²) in [6.45, 7) is 6.10. The third kappa shape index (κ3) is 5.55. The molecule has 4 heteroatoms. The molecule has 0 fully saturated rings. The lowest BCUT2D eigenvalue weighted by Gasteiger charge is -2.04. The van der Waals surface area contributed by atoms with Crippen molar-refractivity contribution in [2.45, 2.75) is 46.5 Å². The second kappa shape index (κ2) is 8.10. The summed E-state index contributed by atoms with van der Waals surface area (Å²) in [7, 11) is 0. The van der Waals surface area contributed by atoms with Crippen LogP contribution < -0.4 is 5.43 Å². The van der Waals surface area contributed by atoms with Gasteiger partial charge in [0.05, 0.1) is 0 Å². The Hall–Kier alpha value is -1.16. The number of hydrazone groups is 1. The number of hydrogen-bond acceptors (Lipinski definition) is 2. The SMILES string of the molecule is CCCCC/C(C)=N/NC(=O)c1ccc(C)c(Br)c1. The first-order valence-electron chi connectivity index (χ1n) is 6.64. The summed E-state index contributed by atoms with van der Waals surface area (Å²) in [4.78, 5) is 11.9. The minimum atomic E-state index is -0.171. The summed E-state index contributed by atoms with van der Waals surface area (Å²) >= 11 is 3.42. The van der Waals surface area contributed by atoms with Crippen LogP contribution in [0.4, 0.5) is 0 Å². The zero-order valence-corrected chi connectivity index (χ0v) is 13.4. The highest BCUT2D eigenvalue weighted by atomic mass is 79.9. The number of benzene rings is 1. The van der Waals surface area contributed by atoms with E-state index in [1.807, 2.05) is 26.0 Å². The van der Waals surface area contributed by atoms with Gasteiger partial charge in [0.1, 0.15) is 0 Å². The standard InChI is InChI=1S/C15H21BrN2O/c1-4-5-6-7-12(3)17-18-15(19)13-9-8-11(2)14(16)10-13/h8-10H,4-7H2,1-3H3,(H,18,19)/b17-12+. The molecule has 0 spiro atoms. The van der Waals surface area contributed by atoms with E-state index in [0.717, 1.165) is 28.6 Å². The van der Waals surface area contributed by atoms with Crippen LogP contribution in [-0.2, 0) is 0 Å². The van der Waals surface area contributed by atoms with E-state index < -0.39 is 0 Å². The number of nitrogens with one attached hydrogen (secondary N) is 1. The van der Waals surface area contributed by atoms with E-state index in [0.29, 0.717) is 5.56 Å². The molecule has 0 aliphatic rings. The Labute approximate surface area is 123 Å². The molecule has 0 aromatic heterocycles. The van der Waals surface area contributed by atoms with Gasteiger partial charge in [-0.05, 0) is 44.4 Å². The molecule has 0 atom stereocenters. The molecular weight excluding hydrogens is 304 g/mol. The second-order valence-electron chi connectivity index (χ2n) is 4.71. The number of halogens is 1. The van der Waals surface area contributed by atoms with Crippen molar-refractivity contribution in [2.75, 3.05) is 0 Å². The lowest BCUT2D eigenvalue weighted by atomic mass is 10.1. The first-order chi connectivity index (χ1) is 9.04. The van der Waals surface area contributed by atoms with Crippen LogP contribution in [-0.4, -0.2) is 11.6 Å². The predicted octanol–water partition coefficient (Wildman–Crippen LogP) is 4.44. The van der Waals surface area contributed by atoms with E-state index in [4.69, 9.17) is 0 Å². The van der Waals surface area contributed by atoms with E-state index in [-0.39, 0.29) is 5.91 Å². The molecule has 1 aromatic rings. The quantitative estimate of drug-likeness (QED) is 0.469. The Morgan fingerprint density at radius 1 is 1.37 bits per heavy atom. The Balaban J connectivity index is 2.54. The maximum Gasteiger partial charge on any atom is 0.271 e. The number of carbonyl (C=O) groups excluding carboxylic acids is 1. The van der Waals surface area contributed by atoms with Gasteiger partial charge in [0.15, 0.2) is 0 Å². The molecule has 19 heavy (non-hydrogen) atoms. The van der Waals surface area contributed by atoms with Gasteiger partial charge >= 0.3 is 0 Å². The molecule has 1 N–H and O–H groups in total. The van der Waals surface area contributed by atoms with Gasteiger partial charge in [0.2, 0.25) is 0 Å². The molecule has 1 amide bonds. The van der Waals surface area contributed by atoms with Crippen LogP contribution in [0.3, 0.4) is 0 Å². The fraction of sp³-hybridized carbons (Fsp3) is 0.467. The summed E-state index contributed by atoms with van der Waals surface area (Å²) in [5.41, 5.74) is 5.29. The smallest absolute Gasteiger partial charge is 0.267 e. The molecule has 0 aliphatic heterocycles. The van der Waals surface area contributed by atoms with Crippen LogP contribution in [0.25, 0.3) is 0 Å². The van der Waals surface area contributed by atoms with Gasteiger partial charge in [0.25, 0.3) is 5.91 Å². The second-order valence-corrected chi connectivity index (χ2v) is 5.56. The van der Waals surface area contributed by atoms with E-state index in [9.17, 15) is 4.79 Å². The lowest BCUT2D eigenvalue weighted by molar-refractivity contribution is 0.0954. The highest BCUT2D eigenvalue weighted by molar-refractivity contribution is 9.10. The molecule has 0 radical (unpaired) electrons. The van der Waals surface area contributed by atoms with E-state index in [2.05, 4.69) is 33.4 Å². The molecule has 0 saturated heterocycles. The van der Waals surface area contributed by atoms with Crippen molar-refractivity contribution in [2.24, 2.45) is 5.10 Å². The number of unbranched alkanes of at least 4 members (excludes halogenated alkanes) is 2. The maximum absolute atomic E-state index is 11.9. The van der Waals surface area contributed by atoms with Crippen molar-refractivity contribution >= 4 is 27.5 Å². The Morgan fingerprint density at radius 2 is 2.11 bits per heavy atom. The van der Waals surface area contributed by atoms with Crippen molar-refractivity contribution in [1.29, 1.82) is 0 Å². The molecule has 0 aliphatic carbocycles. The fourth-order valence-electron chi connectivity index (χ4n) is 1.63. The predicted molar refractivity (Wildman–Crippen MR) is 83.6 cm³/mol. The van der Waals surface area contributed by atoms with Gasteiger partial charge in [-0.3, -0.25) is 4.79 Å². The monoisotopic (exact) mass is 324 g/mol. The van der Waals surface area contributed by atoms with Gasteiger partial charge in [-0.25, -0.2) is 5.43 Å². The Morgan fingerprint density at radius 3 is 2.74 bits per heavy atom. The average Bonchev–Trinajstić information content (AvgIpc) is 2.39. The highest BCUT2D eigenvalue weighted by Crippen LogP contribution is 2.17. The molecule has 0 bridgehead atoms. The number of amides is 1. The normalized spacial score (nSPS) is 11.5. The van der Waals surface area contributed by atoms with Crippen LogP contribution in [0.1, 0.15) is 55.5 Å². The van der Waals surface area contributed by atoms with Crippen molar-refractivity contribution < 1.29 is 4.79 Å². The Kier molecular flexibility index (Phi) is 6.78. The molecule has 1 rings (SSSR count).